The van der Waals surface area contributed by atoms with Crippen LogP contribution in [0.4, 0.5) is 5.82 Å². The highest BCUT2D eigenvalue weighted by Crippen LogP contribution is 2.31. The van der Waals surface area contributed by atoms with Crippen molar-refractivity contribution in [2.75, 3.05) is 19.0 Å². The van der Waals surface area contributed by atoms with Gasteiger partial charge in [0.15, 0.2) is 0 Å². The zero-order valence-electron chi connectivity index (χ0n) is 14.5. The molecule has 0 unspecified atom stereocenters. The zero-order chi connectivity index (χ0) is 17.2. The SMILES string of the molecule is COc1ccc2c(c1)-n1ncc(C(=O)NCC3CCCCC3)c1NC2. The Morgan fingerprint density at radius 1 is 1.36 bits per heavy atom. The number of anilines is 1. The van der Waals surface area contributed by atoms with Gasteiger partial charge in [0.05, 0.1) is 19.0 Å². The summed E-state index contributed by atoms with van der Waals surface area (Å²) in [5.41, 5.74) is 2.69. The largest absolute Gasteiger partial charge is 0.497 e. The fraction of sp³-hybridized carbons (Fsp3) is 0.474. The van der Waals surface area contributed by atoms with Crippen LogP contribution in [-0.4, -0.2) is 29.3 Å². The van der Waals surface area contributed by atoms with Gasteiger partial charge in [0.1, 0.15) is 17.1 Å². The molecule has 1 aromatic heterocycles. The second kappa shape index (κ2) is 6.78. The molecule has 1 aliphatic heterocycles. The molecule has 0 spiro atoms. The lowest BCUT2D eigenvalue weighted by Gasteiger charge is -2.23. The average molecular weight is 340 g/mol. The Balaban J connectivity index is 1.53. The van der Waals surface area contributed by atoms with E-state index in [1.807, 2.05) is 18.2 Å². The van der Waals surface area contributed by atoms with Crippen LogP contribution in [0.1, 0.15) is 48.0 Å². The topological polar surface area (TPSA) is 68.2 Å². The molecule has 0 radical (unpaired) electrons. The summed E-state index contributed by atoms with van der Waals surface area (Å²) in [4.78, 5) is 12.6. The van der Waals surface area contributed by atoms with E-state index in [1.54, 1.807) is 18.0 Å². The minimum atomic E-state index is -0.0503. The standard InChI is InChI=1S/C19H24N4O2/c1-25-15-8-7-14-11-20-18-16(12-22-23(18)17(14)9-15)19(24)21-10-13-5-3-2-4-6-13/h7-9,12-13,20H,2-6,10-11H2,1H3,(H,21,24). The molecular weight excluding hydrogens is 316 g/mol. The maximum absolute atomic E-state index is 12.6. The van der Waals surface area contributed by atoms with Gasteiger partial charge in [-0.3, -0.25) is 4.79 Å². The van der Waals surface area contributed by atoms with Crippen molar-refractivity contribution in [3.8, 4) is 11.4 Å². The summed E-state index contributed by atoms with van der Waals surface area (Å²) in [6.45, 7) is 1.43. The lowest BCUT2D eigenvalue weighted by Crippen LogP contribution is -2.31. The minimum Gasteiger partial charge on any atom is -0.497 e. The summed E-state index contributed by atoms with van der Waals surface area (Å²) in [5.74, 6) is 2.10. The smallest absolute Gasteiger partial charge is 0.256 e. The molecule has 2 aliphatic rings. The summed E-state index contributed by atoms with van der Waals surface area (Å²) < 4.78 is 7.10. The van der Waals surface area contributed by atoms with Crippen LogP contribution in [-0.2, 0) is 6.54 Å². The van der Waals surface area contributed by atoms with Crippen LogP contribution in [0.5, 0.6) is 5.75 Å². The highest BCUT2D eigenvalue weighted by atomic mass is 16.5. The van der Waals surface area contributed by atoms with Gasteiger partial charge in [-0.05, 0) is 30.4 Å². The molecular formula is C19H24N4O2. The maximum Gasteiger partial charge on any atom is 0.256 e. The third-order valence-electron chi connectivity index (χ3n) is 5.26. The first-order valence-corrected chi connectivity index (χ1v) is 9.03. The first kappa shape index (κ1) is 16.0. The van der Waals surface area contributed by atoms with Gasteiger partial charge >= 0.3 is 0 Å². The van der Waals surface area contributed by atoms with Crippen LogP contribution in [0, 0.1) is 5.92 Å². The van der Waals surface area contributed by atoms with Crippen molar-refractivity contribution in [1.82, 2.24) is 15.1 Å². The molecule has 0 saturated heterocycles. The average Bonchev–Trinajstić information content (AvgIpc) is 3.11. The Labute approximate surface area is 147 Å². The number of nitrogens with zero attached hydrogens (tertiary/aromatic N) is 2. The number of ether oxygens (including phenoxy) is 1. The maximum atomic E-state index is 12.6. The number of aromatic nitrogens is 2. The van der Waals surface area contributed by atoms with Crippen LogP contribution in [0.2, 0.25) is 0 Å². The minimum absolute atomic E-state index is 0.0503. The third-order valence-corrected chi connectivity index (χ3v) is 5.26. The van der Waals surface area contributed by atoms with Crippen molar-refractivity contribution in [3.05, 3.63) is 35.5 Å². The molecule has 6 nitrogen and oxygen atoms in total. The van der Waals surface area contributed by atoms with Crippen LogP contribution in [0.25, 0.3) is 5.69 Å². The van der Waals surface area contributed by atoms with Crippen LogP contribution < -0.4 is 15.4 Å². The molecule has 0 bridgehead atoms. The van der Waals surface area contributed by atoms with Gasteiger partial charge < -0.3 is 15.4 Å². The fourth-order valence-corrected chi connectivity index (χ4v) is 3.79. The summed E-state index contributed by atoms with van der Waals surface area (Å²) >= 11 is 0. The molecule has 2 heterocycles. The quantitative estimate of drug-likeness (QED) is 0.897. The van der Waals surface area contributed by atoms with Crippen molar-refractivity contribution in [2.24, 2.45) is 5.92 Å². The van der Waals surface area contributed by atoms with Gasteiger partial charge in [0.2, 0.25) is 0 Å². The van der Waals surface area contributed by atoms with Crippen molar-refractivity contribution in [2.45, 2.75) is 38.6 Å². The second-order valence-corrected chi connectivity index (χ2v) is 6.88. The van der Waals surface area contributed by atoms with Crippen LogP contribution in [0.15, 0.2) is 24.4 Å². The Bertz CT molecular complexity index is 778. The van der Waals surface area contributed by atoms with Crippen LogP contribution >= 0.6 is 0 Å². The van der Waals surface area contributed by atoms with Crippen LogP contribution in [0.3, 0.4) is 0 Å². The number of carbonyl (C=O) groups is 1. The second-order valence-electron chi connectivity index (χ2n) is 6.88. The molecule has 25 heavy (non-hydrogen) atoms. The third kappa shape index (κ3) is 3.08. The summed E-state index contributed by atoms with van der Waals surface area (Å²) in [6, 6.07) is 5.91. The Morgan fingerprint density at radius 2 is 2.20 bits per heavy atom. The number of hydrogen-bond donors (Lipinski definition) is 2. The molecule has 0 atom stereocenters. The lowest BCUT2D eigenvalue weighted by atomic mass is 9.89. The predicted molar refractivity (Wildman–Crippen MR) is 96.4 cm³/mol. The Kier molecular flexibility index (Phi) is 4.34. The highest BCUT2D eigenvalue weighted by Gasteiger charge is 2.24. The molecule has 1 aliphatic carbocycles. The van der Waals surface area contributed by atoms with Gasteiger partial charge in [-0.25, -0.2) is 4.68 Å². The number of nitrogens with one attached hydrogen (secondary N) is 2. The molecule has 4 rings (SSSR count). The summed E-state index contributed by atoms with van der Waals surface area (Å²) in [6.07, 6.45) is 7.98. The van der Waals surface area contributed by atoms with E-state index in [1.165, 1.54) is 32.1 Å². The molecule has 1 fully saturated rings. The number of hydrogen-bond acceptors (Lipinski definition) is 4. The molecule has 2 N–H and O–H groups in total. The van der Waals surface area contributed by atoms with Gasteiger partial charge in [0.25, 0.3) is 5.91 Å². The monoisotopic (exact) mass is 340 g/mol. The molecule has 1 aromatic carbocycles. The van der Waals surface area contributed by atoms with Gasteiger partial charge in [-0.15, -0.1) is 0 Å². The summed E-state index contributed by atoms with van der Waals surface area (Å²) in [7, 11) is 1.65. The number of carbonyl (C=O) groups excluding carboxylic acids is 1. The van der Waals surface area contributed by atoms with E-state index in [-0.39, 0.29) is 5.91 Å². The van der Waals surface area contributed by atoms with E-state index >= 15 is 0 Å². The van der Waals surface area contributed by atoms with Gasteiger partial charge in [-0.2, -0.15) is 5.10 Å². The van der Waals surface area contributed by atoms with Crippen molar-refractivity contribution >= 4 is 11.7 Å². The number of fused-ring (bicyclic) bond motifs is 3. The number of benzene rings is 1. The predicted octanol–water partition coefficient (Wildman–Crippen LogP) is 3.12. The molecule has 6 heteroatoms. The van der Waals surface area contributed by atoms with E-state index in [0.29, 0.717) is 18.0 Å². The van der Waals surface area contributed by atoms with Gasteiger partial charge in [0, 0.05) is 19.2 Å². The molecule has 132 valence electrons. The van der Waals surface area contributed by atoms with Crippen molar-refractivity contribution in [3.63, 3.8) is 0 Å². The van der Waals surface area contributed by atoms with Gasteiger partial charge in [-0.1, -0.05) is 25.3 Å². The normalized spacial score (nSPS) is 16.5. The van der Waals surface area contributed by atoms with E-state index in [2.05, 4.69) is 15.7 Å². The lowest BCUT2D eigenvalue weighted by molar-refractivity contribution is 0.0944. The fourth-order valence-electron chi connectivity index (χ4n) is 3.79. The van der Waals surface area contributed by atoms with E-state index < -0.39 is 0 Å². The highest BCUT2D eigenvalue weighted by molar-refractivity contribution is 5.99. The number of amides is 1. The van der Waals surface area contributed by atoms with E-state index in [0.717, 1.165) is 29.4 Å². The zero-order valence-corrected chi connectivity index (χ0v) is 14.5. The van der Waals surface area contributed by atoms with Crippen molar-refractivity contribution < 1.29 is 9.53 Å². The molecule has 1 amide bonds. The van der Waals surface area contributed by atoms with Crippen molar-refractivity contribution in [1.29, 1.82) is 0 Å². The number of rotatable bonds is 4. The first-order valence-electron chi connectivity index (χ1n) is 9.03. The Morgan fingerprint density at radius 3 is 3.00 bits per heavy atom. The number of methoxy groups -OCH3 is 1. The first-order chi connectivity index (χ1) is 12.3. The Hall–Kier alpha value is -2.50. The van der Waals surface area contributed by atoms with E-state index in [4.69, 9.17) is 4.74 Å². The molecule has 2 aromatic rings. The molecule has 1 saturated carbocycles. The van der Waals surface area contributed by atoms with E-state index in [9.17, 15) is 4.79 Å². The summed E-state index contributed by atoms with van der Waals surface area (Å²) in [5, 5.41) is 10.8.